The second-order valence-corrected chi connectivity index (χ2v) is 9.76. The predicted molar refractivity (Wildman–Crippen MR) is 93.5 cm³/mol. The number of hydrazine groups is 1. The zero-order chi connectivity index (χ0) is 18.6. The van der Waals surface area contributed by atoms with Gasteiger partial charge in [-0.3, -0.25) is 10.6 Å². The van der Waals surface area contributed by atoms with Crippen molar-refractivity contribution in [3.8, 4) is 0 Å². The Morgan fingerprint density at radius 3 is 2.25 bits per heavy atom. The van der Waals surface area contributed by atoms with Crippen LogP contribution in [0.5, 0.6) is 0 Å². The smallest absolute Gasteiger partial charge is 0.312 e. The quantitative estimate of drug-likeness (QED) is 0.169. The van der Waals surface area contributed by atoms with Gasteiger partial charge >= 0.3 is 5.97 Å². The van der Waals surface area contributed by atoms with E-state index in [2.05, 4.69) is 15.5 Å². The molecule has 5 N–H and O–H groups in total. The second-order valence-electron chi connectivity index (χ2n) is 7.79. The topological polar surface area (TPSA) is 115 Å². The number of hydrogen-bond acceptors (Lipinski definition) is 7. The Labute approximate surface area is 146 Å². The molecule has 8 nitrogen and oxygen atoms in total. The lowest BCUT2D eigenvalue weighted by molar-refractivity contribution is -0.153. The maximum Gasteiger partial charge on any atom is 0.312 e. The van der Waals surface area contributed by atoms with Gasteiger partial charge in [0.05, 0.1) is 40.1 Å². The summed E-state index contributed by atoms with van der Waals surface area (Å²) in [7, 11) is -1.28. The number of nitrogens with two attached hydrogens (primary N) is 1. The number of rotatable bonds is 7. The van der Waals surface area contributed by atoms with Crippen LogP contribution in [0, 0.1) is 5.41 Å². The fraction of sp³-hybridized carbons (Fsp3) is 0.800. The molecule has 0 unspecified atom stereocenters. The van der Waals surface area contributed by atoms with Crippen molar-refractivity contribution in [2.75, 3.05) is 19.9 Å². The monoisotopic (exact) mass is 362 g/mol. The van der Waals surface area contributed by atoms with Gasteiger partial charge in [0.25, 0.3) is 0 Å². The molecule has 0 saturated carbocycles. The highest BCUT2D eigenvalue weighted by atomic mass is 32.2. The van der Waals surface area contributed by atoms with Crippen molar-refractivity contribution in [1.82, 2.24) is 15.5 Å². The molecular weight excluding hydrogens is 332 g/mol. The third-order valence-electron chi connectivity index (χ3n) is 3.36. The van der Waals surface area contributed by atoms with Gasteiger partial charge in [0.2, 0.25) is 0 Å². The van der Waals surface area contributed by atoms with Crippen LogP contribution in [0.25, 0.3) is 0 Å². The van der Waals surface area contributed by atoms with Crippen LogP contribution in [0.4, 0.5) is 0 Å². The van der Waals surface area contributed by atoms with E-state index >= 15 is 0 Å². The molecule has 9 heteroatoms. The van der Waals surface area contributed by atoms with Crippen LogP contribution in [0.1, 0.15) is 41.5 Å². The van der Waals surface area contributed by atoms with Crippen LogP contribution in [0.3, 0.4) is 0 Å². The van der Waals surface area contributed by atoms with E-state index in [0.717, 1.165) is 0 Å². The summed E-state index contributed by atoms with van der Waals surface area (Å²) in [6.07, 6.45) is 1.60. The minimum Gasteiger partial charge on any atom is -0.444 e. The first kappa shape index (κ1) is 20.9. The summed E-state index contributed by atoms with van der Waals surface area (Å²) in [5.41, 5.74) is 1.96. The number of hydrogen-bond donors (Lipinski definition) is 4. The van der Waals surface area contributed by atoms with Crippen LogP contribution >= 0.6 is 0 Å². The van der Waals surface area contributed by atoms with Crippen molar-refractivity contribution in [2.45, 2.75) is 51.8 Å². The van der Waals surface area contributed by atoms with Crippen molar-refractivity contribution in [2.24, 2.45) is 11.3 Å². The van der Waals surface area contributed by atoms with Crippen molar-refractivity contribution in [1.29, 1.82) is 0 Å². The summed E-state index contributed by atoms with van der Waals surface area (Å²) in [6.45, 7) is 11.7. The third kappa shape index (κ3) is 5.44. The van der Waals surface area contributed by atoms with E-state index in [1.54, 1.807) is 27.0 Å². The van der Waals surface area contributed by atoms with Crippen molar-refractivity contribution in [3.63, 3.8) is 0 Å². The zero-order valence-corrected chi connectivity index (χ0v) is 16.1. The Balaban J connectivity index is 2.68. The first-order valence-corrected chi connectivity index (χ1v) is 8.93. The minimum absolute atomic E-state index is 0.0145. The molecule has 140 valence electrons. The van der Waals surface area contributed by atoms with E-state index in [4.69, 9.17) is 15.3 Å². The first-order valence-electron chi connectivity index (χ1n) is 7.78. The van der Waals surface area contributed by atoms with Gasteiger partial charge in [-0.1, -0.05) is 0 Å². The molecule has 1 aliphatic rings. The lowest BCUT2D eigenvalue weighted by Crippen LogP contribution is -2.66. The average Bonchev–Trinajstić information content (AvgIpc) is 2.41. The Hall–Kier alpha value is -1.16. The van der Waals surface area contributed by atoms with Crippen LogP contribution in [-0.4, -0.2) is 40.4 Å². The fourth-order valence-electron chi connectivity index (χ4n) is 1.69. The van der Waals surface area contributed by atoms with Gasteiger partial charge < -0.3 is 20.2 Å². The van der Waals surface area contributed by atoms with Crippen LogP contribution < -0.4 is 21.3 Å². The SMILES string of the molecule is CC(C)(C)C(=O)OCN/C=C(\NN)C1(N[S@@](=O)C(C)(C)C)COC1. The largest absolute Gasteiger partial charge is 0.444 e. The summed E-state index contributed by atoms with van der Waals surface area (Å²) >= 11 is 0. The summed E-state index contributed by atoms with van der Waals surface area (Å²) < 4.78 is 25.5. The standard InChI is InChI=1S/C15H30N4O4S/c1-13(2,3)12(20)23-10-17-7-11(18-16)15(8-22-9-15)19-24(21)14(4,5)6/h7,17-19H,8-10,16H2,1-6H3/b11-7-/t24-/m0/s1. The molecule has 0 aliphatic carbocycles. The normalized spacial score (nSPS) is 19.2. The molecule has 0 amide bonds. The van der Waals surface area contributed by atoms with Crippen molar-refractivity contribution in [3.05, 3.63) is 11.9 Å². The summed E-state index contributed by atoms with van der Waals surface area (Å²) in [6, 6.07) is 0. The second kappa shape index (κ2) is 7.81. The molecule has 1 saturated heterocycles. The van der Waals surface area contributed by atoms with Gasteiger partial charge in [0.1, 0.15) is 5.54 Å². The predicted octanol–water partition coefficient (Wildman–Crippen LogP) is 0.248. The van der Waals surface area contributed by atoms with E-state index in [-0.39, 0.29) is 12.7 Å². The molecular formula is C15H30N4O4S. The lowest BCUT2D eigenvalue weighted by Gasteiger charge is -2.44. The van der Waals surface area contributed by atoms with Gasteiger partial charge in [0, 0.05) is 6.20 Å². The van der Waals surface area contributed by atoms with E-state index in [1.165, 1.54) is 0 Å². The summed E-state index contributed by atoms with van der Waals surface area (Å²) in [4.78, 5) is 11.7. The minimum atomic E-state index is -1.28. The molecule has 0 aromatic carbocycles. The number of ether oxygens (including phenoxy) is 2. The van der Waals surface area contributed by atoms with Crippen LogP contribution in [-0.2, 0) is 25.3 Å². The molecule has 0 bridgehead atoms. The number of esters is 1. The molecule has 0 aromatic rings. The molecule has 0 radical (unpaired) electrons. The number of carbonyl (C=O) groups excluding carboxylic acids is 1. The Morgan fingerprint density at radius 1 is 1.29 bits per heavy atom. The van der Waals surface area contributed by atoms with Gasteiger partial charge in [-0.05, 0) is 41.5 Å². The third-order valence-corrected chi connectivity index (χ3v) is 5.05. The van der Waals surface area contributed by atoms with Gasteiger partial charge in [0.15, 0.2) is 6.73 Å². The highest BCUT2D eigenvalue weighted by molar-refractivity contribution is 7.84. The van der Waals surface area contributed by atoms with E-state index in [0.29, 0.717) is 18.9 Å². The number of nitrogens with one attached hydrogen (secondary N) is 3. The molecule has 24 heavy (non-hydrogen) atoms. The van der Waals surface area contributed by atoms with Gasteiger partial charge in [-0.25, -0.2) is 8.93 Å². The zero-order valence-electron chi connectivity index (χ0n) is 15.3. The van der Waals surface area contributed by atoms with Crippen LogP contribution in [0.2, 0.25) is 0 Å². The summed E-state index contributed by atoms with van der Waals surface area (Å²) in [5, 5.41) is 2.88. The Kier molecular flexibility index (Phi) is 6.80. The molecule has 1 atom stereocenters. The van der Waals surface area contributed by atoms with Gasteiger partial charge in [-0.2, -0.15) is 0 Å². The maximum atomic E-state index is 12.4. The molecule has 1 heterocycles. The number of carbonyl (C=O) groups is 1. The van der Waals surface area contributed by atoms with Crippen molar-refractivity contribution < 1.29 is 18.5 Å². The average molecular weight is 362 g/mol. The lowest BCUT2D eigenvalue weighted by atomic mass is 9.95. The highest BCUT2D eigenvalue weighted by Gasteiger charge is 2.45. The van der Waals surface area contributed by atoms with Crippen molar-refractivity contribution >= 4 is 17.0 Å². The summed E-state index contributed by atoms with van der Waals surface area (Å²) in [5.74, 6) is 5.30. The maximum absolute atomic E-state index is 12.4. The Morgan fingerprint density at radius 2 is 1.88 bits per heavy atom. The molecule has 1 fully saturated rings. The van der Waals surface area contributed by atoms with E-state index < -0.39 is 26.7 Å². The first-order chi connectivity index (χ1) is 10.9. The van der Waals surface area contributed by atoms with Gasteiger partial charge in [-0.15, -0.1) is 0 Å². The molecule has 0 spiro atoms. The Bertz CT molecular complexity index is 505. The molecule has 1 rings (SSSR count). The van der Waals surface area contributed by atoms with E-state index in [9.17, 15) is 9.00 Å². The van der Waals surface area contributed by atoms with Crippen LogP contribution in [0.15, 0.2) is 11.9 Å². The molecule has 0 aromatic heterocycles. The fourth-order valence-corrected chi connectivity index (χ4v) is 2.58. The molecule has 1 aliphatic heterocycles. The van der Waals surface area contributed by atoms with E-state index in [1.807, 2.05) is 20.8 Å². The highest BCUT2D eigenvalue weighted by Crippen LogP contribution is 2.26.